The summed E-state index contributed by atoms with van der Waals surface area (Å²) in [6.07, 6.45) is 0.919. The molecule has 0 aliphatic rings. The number of guanidine groups is 1. The molecular weight excluding hydrogens is 576 g/mol. The van der Waals surface area contributed by atoms with Crippen molar-refractivity contribution in [2.24, 2.45) is 33.7 Å². The highest BCUT2D eigenvalue weighted by Crippen LogP contribution is 2.19. The molecule has 2 aromatic rings. The Kier molecular flexibility index (Phi) is 13.6. The smallest absolute Gasteiger partial charge is 0.326 e. The Labute approximate surface area is 252 Å². The van der Waals surface area contributed by atoms with Crippen molar-refractivity contribution in [2.75, 3.05) is 6.54 Å². The molecule has 1 aromatic heterocycles. The van der Waals surface area contributed by atoms with Gasteiger partial charge in [0.05, 0.1) is 6.04 Å². The third-order valence-electron chi connectivity index (χ3n) is 6.64. The van der Waals surface area contributed by atoms with Crippen molar-refractivity contribution >= 4 is 52.4 Å². The molecule has 5 amide bonds. The minimum atomic E-state index is -1.41. The van der Waals surface area contributed by atoms with Crippen LogP contribution in [0.3, 0.4) is 0 Å². The second-order valence-electron chi connectivity index (χ2n) is 10.2. The number of nitrogens with two attached hydrogens (primary N) is 5. The van der Waals surface area contributed by atoms with Crippen molar-refractivity contribution in [3.8, 4) is 0 Å². The predicted molar refractivity (Wildman–Crippen MR) is 160 cm³/mol. The van der Waals surface area contributed by atoms with Gasteiger partial charge in [0.1, 0.15) is 18.1 Å². The normalized spacial score (nSPS) is 13.6. The summed E-state index contributed by atoms with van der Waals surface area (Å²) in [5.41, 5.74) is 28.8. The number of carbonyl (C=O) groups excluding carboxylic acids is 5. The van der Waals surface area contributed by atoms with Gasteiger partial charge in [0.25, 0.3) is 0 Å². The van der Waals surface area contributed by atoms with Gasteiger partial charge in [0, 0.05) is 36.5 Å². The average molecular weight is 617 g/mol. The molecule has 44 heavy (non-hydrogen) atoms. The van der Waals surface area contributed by atoms with E-state index in [0.29, 0.717) is 0 Å². The van der Waals surface area contributed by atoms with E-state index in [1.165, 1.54) is 0 Å². The lowest BCUT2D eigenvalue weighted by Crippen LogP contribution is -2.57. The summed E-state index contributed by atoms with van der Waals surface area (Å²) in [6.45, 7) is 0.119. The van der Waals surface area contributed by atoms with Crippen molar-refractivity contribution in [2.45, 2.75) is 69.1 Å². The van der Waals surface area contributed by atoms with Gasteiger partial charge >= 0.3 is 5.97 Å². The number of carbonyl (C=O) groups is 6. The number of aliphatic imine (C=N–C) groups is 1. The van der Waals surface area contributed by atoms with Gasteiger partial charge in [-0.3, -0.25) is 29.0 Å². The van der Waals surface area contributed by atoms with Crippen LogP contribution in [-0.2, 0) is 35.2 Å². The van der Waals surface area contributed by atoms with Crippen molar-refractivity contribution in [1.82, 2.24) is 20.9 Å². The number of amides is 5. The largest absolute Gasteiger partial charge is 0.480 e. The summed E-state index contributed by atoms with van der Waals surface area (Å²) >= 11 is 0. The van der Waals surface area contributed by atoms with Crippen molar-refractivity contribution in [3.05, 3.63) is 36.0 Å². The number of aliphatic carboxylic acids is 1. The second-order valence-corrected chi connectivity index (χ2v) is 10.2. The molecule has 15 N–H and O–H groups in total. The van der Waals surface area contributed by atoms with Crippen LogP contribution in [0.15, 0.2) is 35.5 Å². The quantitative estimate of drug-likeness (QED) is 0.0438. The molecule has 4 atom stereocenters. The second kappa shape index (κ2) is 17.1. The number of benzene rings is 1. The lowest BCUT2D eigenvalue weighted by molar-refractivity contribution is -0.142. The van der Waals surface area contributed by atoms with E-state index in [2.05, 4.69) is 25.9 Å². The fourth-order valence-electron chi connectivity index (χ4n) is 4.33. The molecule has 240 valence electrons. The molecule has 0 aliphatic carbocycles. The van der Waals surface area contributed by atoms with E-state index < -0.39 is 59.7 Å². The van der Waals surface area contributed by atoms with E-state index in [1.54, 1.807) is 6.20 Å². The van der Waals surface area contributed by atoms with Crippen LogP contribution >= 0.6 is 0 Å². The van der Waals surface area contributed by atoms with Gasteiger partial charge in [-0.1, -0.05) is 18.2 Å². The third kappa shape index (κ3) is 11.6. The number of rotatable bonds is 19. The predicted octanol–water partition coefficient (Wildman–Crippen LogP) is -2.84. The molecule has 1 heterocycles. The Balaban J connectivity index is 2.15. The Morgan fingerprint density at radius 3 is 1.89 bits per heavy atom. The molecule has 17 heteroatoms. The van der Waals surface area contributed by atoms with Crippen LogP contribution in [-0.4, -0.2) is 82.3 Å². The molecule has 0 aliphatic heterocycles. The standard InChI is InChI=1S/C27H40N10O7/c28-16(12-14-13-34-17-5-2-1-4-15(14)17)23(40)35-18(7-9-21(29)38)24(41)36-19(8-10-22(30)39)25(42)37-20(26(43)44)6-3-11-33-27(31)32/h1-2,4-5,13,16,18-20,34H,3,6-12,28H2,(H2,29,38)(H2,30,39)(H,35,40)(H,36,41)(H,37,42)(H,43,44)(H4,31,32,33). The van der Waals surface area contributed by atoms with Gasteiger partial charge in [-0.25, -0.2) is 4.79 Å². The number of carboxylic acids is 1. The monoisotopic (exact) mass is 616 g/mol. The number of hydrogen-bond donors (Lipinski definition) is 10. The highest BCUT2D eigenvalue weighted by Gasteiger charge is 2.31. The van der Waals surface area contributed by atoms with Crippen LogP contribution in [0.25, 0.3) is 10.9 Å². The Morgan fingerprint density at radius 2 is 1.34 bits per heavy atom. The van der Waals surface area contributed by atoms with E-state index in [1.807, 2.05) is 24.3 Å². The van der Waals surface area contributed by atoms with Gasteiger partial charge in [-0.15, -0.1) is 0 Å². The Hall–Kier alpha value is -5.19. The van der Waals surface area contributed by atoms with Crippen molar-refractivity contribution in [1.29, 1.82) is 0 Å². The lowest BCUT2D eigenvalue weighted by atomic mass is 10.0. The highest BCUT2D eigenvalue weighted by molar-refractivity contribution is 5.95. The van der Waals surface area contributed by atoms with E-state index >= 15 is 0 Å². The summed E-state index contributed by atoms with van der Waals surface area (Å²) in [7, 11) is 0. The maximum atomic E-state index is 13.3. The molecule has 2 rings (SSSR count). The van der Waals surface area contributed by atoms with Crippen LogP contribution in [0.4, 0.5) is 0 Å². The van der Waals surface area contributed by atoms with Gasteiger partial charge in [-0.05, 0) is 43.7 Å². The van der Waals surface area contributed by atoms with Gasteiger partial charge in [0.2, 0.25) is 29.5 Å². The fourth-order valence-corrected chi connectivity index (χ4v) is 4.33. The number of nitrogens with one attached hydrogen (secondary N) is 4. The molecule has 0 fully saturated rings. The molecule has 0 bridgehead atoms. The summed E-state index contributed by atoms with van der Waals surface area (Å²) in [5.74, 6) is -5.54. The van der Waals surface area contributed by atoms with Crippen LogP contribution < -0.4 is 44.6 Å². The van der Waals surface area contributed by atoms with Crippen LogP contribution in [0.1, 0.15) is 44.1 Å². The highest BCUT2D eigenvalue weighted by atomic mass is 16.4. The number of primary amides is 2. The third-order valence-corrected chi connectivity index (χ3v) is 6.64. The molecule has 4 unspecified atom stereocenters. The first-order valence-electron chi connectivity index (χ1n) is 13.8. The summed E-state index contributed by atoms with van der Waals surface area (Å²) < 4.78 is 0. The number of para-hydroxylation sites is 1. The van der Waals surface area contributed by atoms with Crippen molar-refractivity contribution < 1.29 is 33.9 Å². The SMILES string of the molecule is NC(=O)CCC(NC(=O)C(N)Cc1c[nH]c2ccccc12)C(=O)NC(CCC(N)=O)C(=O)NC(CCCN=C(N)N)C(=O)O. The molecule has 0 saturated carbocycles. The van der Waals surface area contributed by atoms with E-state index in [-0.39, 0.29) is 57.5 Å². The number of nitrogens with zero attached hydrogens (tertiary/aromatic N) is 1. The average Bonchev–Trinajstić information content (AvgIpc) is 3.36. The molecule has 0 radical (unpaired) electrons. The first-order chi connectivity index (χ1) is 20.8. The van der Waals surface area contributed by atoms with Crippen LogP contribution in [0.5, 0.6) is 0 Å². The molecule has 0 saturated heterocycles. The van der Waals surface area contributed by atoms with E-state index in [4.69, 9.17) is 28.7 Å². The number of fused-ring (bicyclic) bond motifs is 1. The summed E-state index contributed by atoms with van der Waals surface area (Å²) in [6, 6.07) is 2.22. The van der Waals surface area contributed by atoms with Gasteiger partial charge in [-0.2, -0.15) is 0 Å². The topological polar surface area (TPSA) is 317 Å². The minimum Gasteiger partial charge on any atom is -0.480 e. The van der Waals surface area contributed by atoms with Gasteiger partial charge in [0.15, 0.2) is 5.96 Å². The molecule has 0 spiro atoms. The lowest BCUT2D eigenvalue weighted by Gasteiger charge is -2.25. The van der Waals surface area contributed by atoms with Crippen LogP contribution in [0.2, 0.25) is 0 Å². The first kappa shape index (κ1) is 35.0. The van der Waals surface area contributed by atoms with Crippen LogP contribution in [0, 0.1) is 0 Å². The van der Waals surface area contributed by atoms with Crippen molar-refractivity contribution in [3.63, 3.8) is 0 Å². The van der Waals surface area contributed by atoms with Gasteiger partial charge < -0.3 is 54.7 Å². The zero-order chi connectivity index (χ0) is 32.8. The van der Waals surface area contributed by atoms with E-state index in [0.717, 1.165) is 16.5 Å². The number of hydrogen-bond acceptors (Lipinski definition) is 8. The molecule has 17 nitrogen and oxygen atoms in total. The zero-order valence-corrected chi connectivity index (χ0v) is 24.1. The number of H-pyrrole nitrogens is 1. The molecule has 1 aromatic carbocycles. The Morgan fingerprint density at radius 1 is 0.795 bits per heavy atom. The number of aromatic amines is 1. The number of carboxylic acid groups (broad SMARTS) is 1. The summed E-state index contributed by atoms with van der Waals surface area (Å²) in [5, 5.41) is 17.7. The fraction of sp³-hybridized carbons (Fsp3) is 0.444. The Bertz CT molecular complexity index is 1370. The maximum absolute atomic E-state index is 13.3. The minimum absolute atomic E-state index is 0.0417. The maximum Gasteiger partial charge on any atom is 0.326 e. The van der Waals surface area contributed by atoms with E-state index in [9.17, 15) is 33.9 Å². The zero-order valence-electron chi connectivity index (χ0n) is 24.1. The molecular formula is C27H40N10O7. The first-order valence-corrected chi connectivity index (χ1v) is 13.8. The number of aromatic nitrogens is 1. The summed E-state index contributed by atoms with van der Waals surface area (Å²) in [4.78, 5) is 80.9.